The number of fused-ring (bicyclic) bond motifs is 3. The Morgan fingerprint density at radius 1 is 1.07 bits per heavy atom. The van der Waals surface area contributed by atoms with Crippen LogP contribution in [0.1, 0.15) is 42.5 Å². The highest BCUT2D eigenvalue weighted by atomic mass is 32.2. The average molecular weight is 419 g/mol. The van der Waals surface area contributed by atoms with Gasteiger partial charge in [-0.15, -0.1) is 11.3 Å². The van der Waals surface area contributed by atoms with Crippen molar-refractivity contribution in [3.05, 3.63) is 16.3 Å². The van der Waals surface area contributed by atoms with Crippen LogP contribution in [0.4, 0.5) is 5.82 Å². The van der Waals surface area contributed by atoms with Gasteiger partial charge in [0, 0.05) is 36.3 Å². The Balaban J connectivity index is 1.58. The van der Waals surface area contributed by atoms with Gasteiger partial charge >= 0.3 is 0 Å². The summed E-state index contributed by atoms with van der Waals surface area (Å²) >= 11 is 4.02. The van der Waals surface area contributed by atoms with Crippen LogP contribution in [-0.4, -0.2) is 65.3 Å². The summed E-state index contributed by atoms with van der Waals surface area (Å²) in [6, 6.07) is 0.545. The first kappa shape index (κ1) is 19.1. The summed E-state index contributed by atoms with van der Waals surface area (Å²) in [7, 11) is 0. The number of hydrogen-bond acceptors (Lipinski definition) is 7. The van der Waals surface area contributed by atoms with Crippen LogP contribution in [0.15, 0.2) is 0 Å². The molecule has 2 aromatic rings. The Morgan fingerprint density at radius 2 is 1.93 bits per heavy atom. The minimum Gasteiger partial charge on any atom is -0.379 e. The van der Waals surface area contributed by atoms with Gasteiger partial charge in [-0.3, -0.25) is 4.90 Å². The van der Waals surface area contributed by atoms with E-state index in [0.29, 0.717) is 6.04 Å². The third kappa shape index (κ3) is 3.78. The highest BCUT2D eigenvalue weighted by Gasteiger charge is 2.27. The lowest BCUT2D eigenvalue weighted by Gasteiger charge is -2.30. The molecule has 2 aliphatic heterocycles. The Bertz CT molecular complexity index is 833. The summed E-state index contributed by atoms with van der Waals surface area (Å²) in [4.78, 5) is 18.1. The second kappa shape index (κ2) is 8.46. The quantitative estimate of drug-likeness (QED) is 0.756. The number of nitrogens with zero attached hydrogens (tertiary/aromatic N) is 4. The molecule has 1 aliphatic carbocycles. The summed E-state index contributed by atoms with van der Waals surface area (Å²) in [5.41, 5.74) is 1.56. The Morgan fingerprint density at radius 3 is 2.82 bits per heavy atom. The lowest BCUT2D eigenvalue weighted by molar-refractivity contribution is 0.0331. The number of hydrogen-bond donors (Lipinski definition) is 0. The maximum absolute atomic E-state index is 5.52. The van der Waals surface area contributed by atoms with Crippen molar-refractivity contribution in [1.82, 2.24) is 14.9 Å². The van der Waals surface area contributed by atoms with Gasteiger partial charge in [0.15, 0.2) is 0 Å². The lowest BCUT2D eigenvalue weighted by Crippen LogP contribution is -2.37. The fourth-order valence-electron chi connectivity index (χ4n) is 4.63. The van der Waals surface area contributed by atoms with Gasteiger partial charge in [-0.1, -0.05) is 0 Å². The van der Waals surface area contributed by atoms with E-state index >= 15 is 0 Å². The highest BCUT2D eigenvalue weighted by molar-refractivity contribution is 7.99. The highest BCUT2D eigenvalue weighted by Crippen LogP contribution is 2.40. The van der Waals surface area contributed by atoms with Gasteiger partial charge in [0.2, 0.25) is 0 Å². The number of aryl methyl sites for hydroxylation is 2. The van der Waals surface area contributed by atoms with E-state index in [-0.39, 0.29) is 0 Å². The van der Waals surface area contributed by atoms with Crippen molar-refractivity contribution < 1.29 is 4.74 Å². The molecule has 0 spiro atoms. The molecule has 5 rings (SSSR count). The maximum atomic E-state index is 5.52. The molecule has 2 saturated heterocycles. The number of ether oxygens (including phenoxy) is 1. The van der Waals surface area contributed by atoms with E-state index < -0.39 is 0 Å². The van der Waals surface area contributed by atoms with E-state index in [4.69, 9.17) is 14.7 Å². The Kier molecular flexibility index (Phi) is 5.77. The van der Waals surface area contributed by atoms with Gasteiger partial charge in [-0.05, 0) is 50.3 Å². The van der Waals surface area contributed by atoms with Crippen LogP contribution in [0.2, 0.25) is 0 Å². The molecule has 0 bridgehead atoms. The van der Waals surface area contributed by atoms with E-state index in [9.17, 15) is 0 Å². The maximum Gasteiger partial charge on any atom is 0.146 e. The van der Waals surface area contributed by atoms with Crippen LogP contribution in [0.3, 0.4) is 0 Å². The van der Waals surface area contributed by atoms with Crippen molar-refractivity contribution in [2.75, 3.05) is 49.3 Å². The van der Waals surface area contributed by atoms with E-state index in [1.54, 1.807) is 10.4 Å². The topological polar surface area (TPSA) is 41.5 Å². The zero-order valence-electron chi connectivity index (χ0n) is 16.8. The Labute approximate surface area is 175 Å². The van der Waals surface area contributed by atoms with Gasteiger partial charge in [-0.2, -0.15) is 11.8 Å². The number of morpholine rings is 1. The van der Waals surface area contributed by atoms with Crippen LogP contribution in [0.25, 0.3) is 10.2 Å². The third-order valence-electron chi connectivity index (χ3n) is 6.27. The van der Waals surface area contributed by atoms with E-state index in [2.05, 4.69) is 28.5 Å². The molecule has 4 heterocycles. The fourth-order valence-corrected chi connectivity index (χ4v) is 6.94. The molecule has 0 saturated carbocycles. The first-order valence-electron chi connectivity index (χ1n) is 10.8. The van der Waals surface area contributed by atoms with E-state index in [1.807, 2.05) is 11.3 Å². The molecule has 1 atom stereocenters. The van der Waals surface area contributed by atoms with Gasteiger partial charge in [0.25, 0.3) is 0 Å². The van der Waals surface area contributed by atoms with Crippen LogP contribution >= 0.6 is 23.1 Å². The van der Waals surface area contributed by atoms with E-state index in [0.717, 1.165) is 45.2 Å². The normalized spacial score (nSPS) is 24.3. The van der Waals surface area contributed by atoms with Crippen molar-refractivity contribution in [3.63, 3.8) is 0 Å². The zero-order valence-corrected chi connectivity index (χ0v) is 18.4. The predicted octanol–water partition coefficient (Wildman–Crippen LogP) is 3.73. The number of aromatic nitrogens is 2. The summed E-state index contributed by atoms with van der Waals surface area (Å²) in [6.45, 7) is 7.92. The molecule has 0 radical (unpaired) electrons. The van der Waals surface area contributed by atoms with Crippen LogP contribution in [0, 0.1) is 0 Å². The van der Waals surface area contributed by atoms with Crippen LogP contribution in [-0.2, 0) is 24.1 Å². The van der Waals surface area contributed by atoms with Crippen molar-refractivity contribution in [3.8, 4) is 0 Å². The van der Waals surface area contributed by atoms with Crippen molar-refractivity contribution in [1.29, 1.82) is 0 Å². The molecule has 0 N–H and O–H groups in total. The lowest BCUT2D eigenvalue weighted by atomic mass is 9.96. The molecule has 152 valence electrons. The largest absolute Gasteiger partial charge is 0.379 e. The fraction of sp³-hybridized carbons (Fsp3) is 0.714. The average Bonchev–Trinajstić information content (AvgIpc) is 2.95. The van der Waals surface area contributed by atoms with Gasteiger partial charge < -0.3 is 9.64 Å². The number of anilines is 1. The first-order valence-corrected chi connectivity index (χ1v) is 12.7. The molecule has 5 nitrogen and oxygen atoms in total. The number of thioether (sulfide) groups is 1. The minimum absolute atomic E-state index is 0.545. The van der Waals surface area contributed by atoms with Gasteiger partial charge in [-0.25, -0.2) is 9.97 Å². The third-order valence-corrected chi connectivity index (χ3v) is 8.45. The molecule has 2 fully saturated rings. The zero-order chi connectivity index (χ0) is 18.9. The molecule has 0 aromatic carbocycles. The standard InChI is InChI=1S/C21H30N4OS2/c1-15-6-12-27-13-9-25(15)20-19-16-4-2-3-5-17(16)28-21(19)23-18(22-20)14-24-7-10-26-11-8-24/h15H,2-14H2,1H3. The molecule has 2 aromatic heterocycles. The van der Waals surface area contributed by atoms with Crippen LogP contribution < -0.4 is 4.90 Å². The Hall–Kier alpha value is -0.890. The second-order valence-corrected chi connectivity index (χ2v) is 10.5. The van der Waals surface area contributed by atoms with Gasteiger partial charge in [0.1, 0.15) is 16.5 Å². The monoisotopic (exact) mass is 418 g/mol. The summed E-state index contributed by atoms with van der Waals surface area (Å²) in [5.74, 6) is 4.67. The summed E-state index contributed by atoms with van der Waals surface area (Å²) in [6.07, 6.45) is 6.28. The molecular formula is C21H30N4OS2. The molecule has 28 heavy (non-hydrogen) atoms. The molecular weight excluding hydrogens is 388 g/mol. The van der Waals surface area contributed by atoms with Crippen molar-refractivity contribution in [2.45, 2.75) is 51.6 Å². The molecule has 0 amide bonds. The van der Waals surface area contributed by atoms with Crippen LogP contribution in [0.5, 0.6) is 0 Å². The predicted molar refractivity (Wildman–Crippen MR) is 119 cm³/mol. The van der Waals surface area contributed by atoms with Crippen molar-refractivity contribution >= 4 is 39.1 Å². The molecule has 7 heteroatoms. The first-order chi connectivity index (χ1) is 13.8. The molecule has 3 aliphatic rings. The minimum atomic E-state index is 0.545. The smallest absolute Gasteiger partial charge is 0.146 e. The summed E-state index contributed by atoms with van der Waals surface area (Å²) < 4.78 is 5.52. The number of thiophene rings is 1. The van der Waals surface area contributed by atoms with E-state index in [1.165, 1.54) is 59.6 Å². The SMILES string of the molecule is CC1CCSCCN1c1nc(CN2CCOCC2)nc2sc3c(c12)CCCC3. The molecule has 1 unspecified atom stereocenters. The second-order valence-electron chi connectivity index (χ2n) is 8.19. The van der Waals surface area contributed by atoms with Gasteiger partial charge in [0.05, 0.1) is 25.1 Å². The number of rotatable bonds is 3. The van der Waals surface area contributed by atoms with Crippen molar-refractivity contribution in [2.24, 2.45) is 0 Å². The summed E-state index contributed by atoms with van der Waals surface area (Å²) in [5, 5.41) is 1.38.